The molecule has 1 unspecified atom stereocenters. The lowest BCUT2D eigenvalue weighted by Gasteiger charge is -2.23. The van der Waals surface area contributed by atoms with Crippen LogP contribution in [0.25, 0.3) is 0 Å². The molecule has 1 aliphatic heterocycles. The summed E-state index contributed by atoms with van der Waals surface area (Å²) in [4.78, 5) is 16.9. The smallest absolute Gasteiger partial charge is 0.220 e. The van der Waals surface area contributed by atoms with Crippen LogP contribution in [0.15, 0.2) is 36.7 Å². The van der Waals surface area contributed by atoms with Gasteiger partial charge in [-0.15, -0.1) is 24.8 Å². The number of benzene rings is 1. The zero-order chi connectivity index (χ0) is 17.6. The third-order valence-corrected chi connectivity index (χ3v) is 4.86. The number of aryl methyl sites for hydroxylation is 1. The van der Waals surface area contributed by atoms with Gasteiger partial charge in [-0.25, -0.2) is 9.37 Å². The molecule has 0 aliphatic carbocycles. The lowest BCUT2D eigenvalue weighted by Crippen LogP contribution is -2.32. The molecule has 0 spiro atoms. The van der Waals surface area contributed by atoms with Gasteiger partial charge in [0.15, 0.2) is 0 Å². The molecule has 1 saturated heterocycles. The summed E-state index contributed by atoms with van der Waals surface area (Å²) in [5.41, 5.74) is 0.825. The van der Waals surface area contributed by atoms with Crippen LogP contribution in [-0.4, -0.2) is 28.5 Å². The van der Waals surface area contributed by atoms with E-state index in [4.69, 9.17) is 0 Å². The first-order chi connectivity index (χ1) is 12.1. The Morgan fingerprint density at radius 1 is 1.30 bits per heavy atom. The Kier molecular flexibility index (Phi) is 9.77. The van der Waals surface area contributed by atoms with Crippen LogP contribution in [0.5, 0.6) is 0 Å². The summed E-state index contributed by atoms with van der Waals surface area (Å²) in [6, 6.07) is 5.84. The molecule has 1 amide bonds. The fourth-order valence-electron chi connectivity index (χ4n) is 3.35. The monoisotopic (exact) mass is 416 g/mol. The highest BCUT2D eigenvalue weighted by molar-refractivity contribution is 5.85. The van der Waals surface area contributed by atoms with Gasteiger partial charge in [-0.3, -0.25) is 4.79 Å². The van der Waals surface area contributed by atoms with Gasteiger partial charge in [-0.2, -0.15) is 0 Å². The van der Waals surface area contributed by atoms with Crippen LogP contribution in [0.2, 0.25) is 0 Å². The topological polar surface area (TPSA) is 59.0 Å². The van der Waals surface area contributed by atoms with Gasteiger partial charge < -0.3 is 15.2 Å². The predicted molar refractivity (Wildman–Crippen MR) is 109 cm³/mol. The van der Waals surface area contributed by atoms with E-state index in [0.717, 1.165) is 43.7 Å². The normalized spacial score (nSPS) is 15.3. The number of piperidine rings is 1. The van der Waals surface area contributed by atoms with Gasteiger partial charge in [0.05, 0.1) is 0 Å². The lowest BCUT2D eigenvalue weighted by atomic mass is 9.93. The van der Waals surface area contributed by atoms with Crippen molar-refractivity contribution < 1.29 is 9.18 Å². The second-order valence-electron chi connectivity index (χ2n) is 6.68. The number of hydrogen-bond acceptors (Lipinski definition) is 3. The largest absolute Gasteiger partial charge is 0.342 e. The standard InChI is InChI=1S/C19H25FN4O.2ClH/c1-24-13-12-22-19(24)18(15-3-5-16(20)6-4-15)23-17(25)7-2-14-8-10-21-11-9-14;;/h3-6,12-14,18,21H,2,7-11H2,1H3,(H,23,25);2*1H. The summed E-state index contributed by atoms with van der Waals surface area (Å²) in [5, 5.41) is 6.42. The van der Waals surface area contributed by atoms with Crippen LogP contribution in [0.3, 0.4) is 0 Å². The summed E-state index contributed by atoms with van der Waals surface area (Å²) in [7, 11) is 1.89. The third kappa shape index (κ3) is 6.48. The first-order valence-electron chi connectivity index (χ1n) is 8.86. The molecule has 1 atom stereocenters. The van der Waals surface area contributed by atoms with Crippen molar-refractivity contribution in [1.82, 2.24) is 20.2 Å². The van der Waals surface area contributed by atoms with Gasteiger partial charge in [-0.1, -0.05) is 12.1 Å². The molecule has 2 N–H and O–H groups in total. The number of halogens is 3. The summed E-state index contributed by atoms with van der Waals surface area (Å²) < 4.78 is 15.1. The summed E-state index contributed by atoms with van der Waals surface area (Å²) in [6.45, 7) is 2.08. The maximum absolute atomic E-state index is 13.2. The van der Waals surface area contributed by atoms with Crippen molar-refractivity contribution in [2.45, 2.75) is 31.7 Å². The quantitative estimate of drug-likeness (QED) is 0.758. The maximum Gasteiger partial charge on any atom is 0.220 e. The molecule has 3 rings (SSSR count). The first kappa shape index (κ1) is 23.4. The van der Waals surface area contributed by atoms with Gasteiger partial charge in [0.2, 0.25) is 5.91 Å². The Bertz CT molecular complexity index is 702. The number of amides is 1. The van der Waals surface area contributed by atoms with E-state index in [2.05, 4.69) is 15.6 Å². The minimum absolute atomic E-state index is 0. The van der Waals surface area contributed by atoms with Gasteiger partial charge in [-0.05, 0) is 56.0 Å². The van der Waals surface area contributed by atoms with Gasteiger partial charge >= 0.3 is 0 Å². The Hall–Kier alpha value is -1.63. The summed E-state index contributed by atoms with van der Waals surface area (Å²) in [5.74, 6) is 1.07. The van der Waals surface area contributed by atoms with Crippen molar-refractivity contribution in [3.8, 4) is 0 Å². The SMILES string of the molecule is Cl.Cl.Cn1ccnc1C(NC(=O)CCC1CCNCC1)c1ccc(F)cc1. The summed E-state index contributed by atoms with van der Waals surface area (Å²) >= 11 is 0. The molecule has 1 aliphatic rings. The number of carbonyl (C=O) groups excluding carboxylic acids is 1. The zero-order valence-corrected chi connectivity index (χ0v) is 17.0. The summed E-state index contributed by atoms with van der Waals surface area (Å²) in [6.07, 6.45) is 7.22. The maximum atomic E-state index is 13.2. The number of nitrogens with zero attached hydrogens (tertiary/aromatic N) is 2. The third-order valence-electron chi connectivity index (χ3n) is 4.86. The molecule has 8 heteroatoms. The van der Waals surface area contributed by atoms with Crippen LogP contribution in [0, 0.1) is 11.7 Å². The zero-order valence-electron chi connectivity index (χ0n) is 15.4. The molecule has 0 radical (unpaired) electrons. The van der Waals surface area contributed by atoms with Crippen molar-refractivity contribution in [1.29, 1.82) is 0 Å². The Labute approximate surface area is 172 Å². The van der Waals surface area contributed by atoms with E-state index in [0.29, 0.717) is 12.3 Å². The van der Waals surface area contributed by atoms with E-state index in [1.54, 1.807) is 18.3 Å². The van der Waals surface area contributed by atoms with E-state index in [1.165, 1.54) is 12.1 Å². The molecular formula is C19H27Cl2FN4O. The molecule has 27 heavy (non-hydrogen) atoms. The Balaban J connectivity index is 0.00000182. The van der Waals surface area contributed by atoms with Crippen LogP contribution in [-0.2, 0) is 11.8 Å². The number of aromatic nitrogens is 2. The van der Waals surface area contributed by atoms with Crippen molar-refractivity contribution >= 4 is 30.7 Å². The van der Waals surface area contributed by atoms with Crippen molar-refractivity contribution in [3.63, 3.8) is 0 Å². The van der Waals surface area contributed by atoms with Gasteiger partial charge in [0, 0.05) is 25.9 Å². The molecule has 0 saturated carbocycles. The Morgan fingerprint density at radius 2 is 1.96 bits per heavy atom. The fraction of sp³-hybridized carbons (Fsp3) is 0.474. The van der Waals surface area contributed by atoms with E-state index in [-0.39, 0.29) is 42.6 Å². The lowest BCUT2D eigenvalue weighted by molar-refractivity contribution is -0.122. The Morgan fingerprint density at radius 3 is 2.56 bits per heavy atom. The second kappa shape index (κ2) is 11.3. The number of rotatable bonds is 6. The number of imidazole rings is 1. The highest BCUT2D eigenvalue weighted by Gasteiger charge is 2.22. The fourth-order valence-corrected chi connectivity index (χ4v) is 3.35. The first-order valence-corrected chi connectivity index (χ1v) is 8.86. The molecule has 150 valence electrons. The minimum Gasteiger partial charge on any atom is -0.342 e. The average Bonchev–Trinajstić information content (AvgIpc) is 3.05. The molecule has 1 fully saturated rings. The molecular weight excluding hydrogens is 390 g/mol. The molecule has 2 aromatic rings. The number of nitrogens with one attached hydrogen (secondary N) is 2. The molecule has 1 aromatic carbocycles. The molecule has 0 bridgehead atoms. The van der Waals surface area contributed by atoms with E-state index in [9.17, 15) is 9.18 Å². The van der Waals surface area contributed by atoms with Crippen molar-refractivity contribution in [2.24, 2.45) is 13.0 Å². The van der Waals surface area contributed by atoms with Crippen LogP contribution < -0.4 is 10.6 Å². The van der Waals surface area contributed by atoms with Gasteiger partial charge in [0.1, 0.15) is 17.7 Å². The van der Waals surface area contributed by atoms with E-state index >= 15 is 0 Å². The highest BCUT2D eigenvalue weighted by Crippen LogP contribution is 2.22. The van der Waals surface area contributed by atoms with E-state index < -0.39 is 0 Å². The van der Waals surface area contributed by atoms with Crippen LogP contribution in [0.1, 0.15) is 43.1 Å². The van der Waals surface area contributed by atoms with Crippen LogP contribution in [0.4, 0.5) is 4.39 Å². The second-order valence-corrected chi connectivity index (χ2v) is 6.68. The minimum atomic E-state index is -0.374. The highest BCUT2D eigenvalue weighted by atomic mass is 35.5. The van der Waals surface area contributed by atoms with Crippen molar-refractivity contribution in [2.75, 3.05) is 13.1 Å². The average molecular weight is 417 g/mol. The van der Waals surface area contributed by atoms with E-state index in [1.807, 2.05) is 17.8 Å². The molecule has 2 heterocycles. The molecule has 5 nitrogen and oxygen atoms in total. The van der Waals surface area contributed by atoms with Crippen molar-refractivity contribution in [3.05, 3.63) is 53.9 Å². The number of hydrogen-bond donors (Lipinski definition) is 2. The molecule has 1 aromatic heterocycles. The predicted octanol–water partition coefficient (Wildman–Crippen LogP) is 3.39. The van der Waals surface area contributed by atoms with Crippen LogP contribution >= 0.6 is 24.8 Å². The number of carbonyl (C=O) groups is 1. The van der Waals surface area contributed by atoms with Gasteiger partial charge in [0.25, 0.3) is 0 Å².